The van der Waals surface area contributed by atoms with Crippen molar-refractivity contribution >= 4 is 5.78 Å². The summed E-state index contributed by atoms with van der Waals surface area (Å²) in [4.78, 5) is 12.2. The van der Waals surface area contributed by atoms with Crippen LogP contribution in [0.3, 0.4) is 0 Å². The van der Waals surface area contributed by atoms with Crippen LogP contribution in [0.1, 0.15) is 37.2 Å². The average molecular weight is 246 g/mol. The Morgan fingerprint density at radius 3 is 2.94 bits per heavy atom. The zero-order valence-corrected chi connectivity index (χ0v) is 10.4. The fourth-order valence-corrected chi connectivity index (χ4v) is 2.83. The quantitative estimate of drug-likeness (QED) is 0.822. The van der Waals surface area contributed by atoms with Gasteiger partial charge in [-0.1, -0.05) is 18.2 Å². The van der Waals surface area contributed by atoms with E-state index in [0.717, 1.165) is 31.6 Å². The van der Waals surface area contributed by atoms with Crippen LogP contribution in [0.15, 0.2) is 24.3 Å². The first kappa shape index (κ1) is 11.7. The Hall–Kier alpha value is -1.35. The van der Waals surface area contributed by atoms with E-state index in [2.05, 4.69) is 6.07 Å². The first-order valence-electron chi connectivity index (χ1n) is 6.70. The first-order valence-corrected chi connectivity index (χ1v) is 6.70. The van der Waals surface area contributed by atoms with Crippen molar-refractivity contribution in [1.29, 1.82) is 0 Å². The molecule has 1 fully saturated rings. The first-order chi connectivity index (χ1) is 8.84. The van der Waals surface area contributed by atoms with Gasteiger partial charge in [-0.2, -0.15) is 0 Å². The smallest absolute Gasteiger partial charge is 0.162 e. The average Bonchev–Trinajstić information content (AvgIpc) is 2.93. The summed E-state index contributed by atoms with van der Waals surface area (Å²) in [5.41, 5.74) is 1.18. The molecule has 0 spiro atoms. The Bertz CT molecular complexity index is 435. The lowest BCUT2D eigenvalue weighted by molar-refractivity contribution is -0.128. The molecule has 0 aromatic heterocycles. The number of fused-ring (bicyclic) bond motifs is 1. The van der Waals surface area contributed by atoms with Gasteiger partial charge < -0.3 is 9.47 Å². The standard InChI is InChI=1S/C15H18O3/c16-13(15-6-3-8-17-15)10-11-7-9-18-14-5-2-1-4-12(11)14/h1-2,4-5,11,15H,3,6-10H2. The Balaban J connectivity index is 1.72. The summed E-state index contributed by atoms with van der Waals surface area (Å²) in [6.07, 6.45) is 3.27. The van der Waals surface area contributed by atoms with Gasteiger partial charge in [-0.15, -0.1) is 0 Å². The lowest BCUT2D eigenvalue weighted by Crippen LogP contribution is -2.24. The van der Waals surface area contributed by atoms with Gasteiger partial charge in [-0.3, -0.25) is 4.79 Å². The fourth-order valence-electron chi connectivity index (χ4n) is 2.83. The highest BCUT2D eigenvalue weighted by atomic mass is 16.5. The molecule has 0 bridgehead atoms. The van der Waals surface area contributed by atoms with Crippen molar-refractivity contribution in [2.45, 2.75) is 37.7 Å². The predicted molar refractivity (Wildman–Crippen MR) is 67.9 cm³/mol. The molecule has 0 amide bonds. The van der Waals surface area contributed by atoms with E-state index < -0.39 is 0 Å². The van der Waals surface area contributed by atoms with E-state index in [1.807, 2.05) is 18.2 Å². The number of benzene rings is 1. The van der Waals surface area contributed by atoms with Crippen LogP contribution in [0, 0.1) is 0 Å². The van der Waals surface area contributed by atoms with Gasteiger partial charge in [-0.25, -0.2) is 0 Å². The van der Waals surface area contributed by atoms with Gasteiger partial charge in [0.2, 0.25) is 0 Å². The van der Waals surface area contributed by atoms with E-state index in [9.17, 15) is 4.79 Å². The molecular formula is C15H18O3. The van der Waals surface area contributed by atoms with Crippen molar-refractivity contribution in [2.75, 3.05) is 13.2 Å². The molecule has 0 saturated carbocycles. The molecule has 3 heteroatoms. The van der Waals surface area contributed by atoms with Crippen LogP contribution in [0.4, 0.5) is 0 Å². The maximum absolute atomic E-state index is 12.2. The Morgan fingerprint density at radius 1 is 1.22 bits per heavy atom. The van der Waals surface area contributed by atoms with Crippen molar-refractivity contribution in [1.82, 2.24) is 0 Å². The maximum atomic E-state index is 12.2. The summed E-state index contributed by atoms with van der Waals surface area (Å²) >= 11 is 0. The largest absolute Gasteiger partial charge is 0.493 e. The van der Waals surface area contributed by atoms with Gasteiger partial charge >= 0.3 is 0 Å². The fraction of sp³-hybridized carbons (Fsp3) is 0.533. The summed E-state index contributed by atoms with van der Waals surface area (Å²) in [6, 6.07) is 8.04. The summed E-state index contributed by atoms with van der Waals surface area (Å²) in [7, 11) is 0. The molecule has 3 nitrogen and oxygen atoms in total. The summed E-state index contributed by atoms with van der Waals surface area (Å²) in [6.45, 7) is 1.45. The molecule has 1 aromatic rings. The number of para-hydroxylation sites is 1. The molecule has 0 N–H and O–H groups in total. The molecular weight excluding hydrogens is 228 g/mol. The van der Waals surface area contributed by atoms with Gasteiger partial charge in [0.15, 0.2) is 5.78 Å². The Kier molecular flexibility index (Phi) is 3.33. The number of Topliss-reactive ketones (excluding diaryl/α,β-unsaturated/α-hetero) is 1. The van der Waals surface area contributed by atoms with Crippen LogP contribution in [-0.2, 0) is 9.53 Å². The van der Waals surface area contributed by atoms with E-state index in [-0.39, 0.29) is 11.9 Å². The molecule has 18 heavy (non-hydrogen) atoms. The number of rotatable bonds is 3. The lowest BCUT2D eigenvalue weighted by atomic mass is 9.87. The number of carbonyl (C=O) groups is 1. The van der Waals surface area contributed by atoms with Crippen LogP contribution in [0.25, 0.3) is 0 Å². The van der Waals surface area contributed by atoms with Crippen LogP contribution in [0.5, 0.6) is 5.75 Å². The van der Waals surface area contributed by atoms with Crippen molar-refractivity contribution in [3.8, 4) is 5.75 Å². The van der Waals surface area contributed by atoms with Crippen LogP contribution in [0.2, 0.25) is 0 Å². The molecule has 2 aliphatic heterocycles. The third kappa shape index (κ3) is 2.27. The van der Waals surface area contributed by atoms with Crippen molar-refractivity contribution < 1.29 is 14.3 Å². The minimum atomic E-state index is -0.153. The van der Waals surface area contributed by atoms with E-state index >= 15 is 0 Å². The van der Waals surface area contributed by atoms with Crippen molar-refractivity contribution in [3.63, 3.8) is 0 Å². The van der Waals surface area contributed by atoms with Gasteiger partial charge in [0.1, 0.15) is 11.9 Å². The molecule has 3 rings (SSSR count). The molecule has 1 saturated heterocycles. The van der Waals surface area contributed by atoms with Gasteiger partial charge in [0.05, 0.1) is 6.61 Å². The zero-order valence-electron chi connectivity index (χ0n) is 10.4. The second-order valence-corrected chi connectivity index (χ2v) is 5.04. The number of hydrogen-bond donors (Lipinski definition) is 0. The molecule has 0 radical (unpaired) electrons. The third-order valence-electron chi connectivity index (χ3n) is 3.82. The molecule has 0 aliphatic carbocycles. The molecule has 96 valence electrons. The van der Waals surface area contributed by atoms with E-state index in [0.29, 0.717) is 18.9 Å². The van der Waals surface area contributed by atoms with Crippen LogP contribution >= 0.6 is 0 Å². The normalized spacial score (nSPS) is 26.4. The van der Waals surface area contributed by atoms with Crippen molar-refractivity contribution in [3.05, 3.63) is 29.8 Å². The molecule has 1 aromatic carbocycles. The second kappa shape index (κ2) is 5.11. The summed E-state index contributed by atoms with van der Waals surface area (Å²) < 4.78 is 11.1. The van der Waals surface area contributed by atoms with E-state index in [4.69, 9.17) is 9.47 Å². The summed E-state index contributed by atoms with van der Waals surface area (Å²) in [5, 5.41) is 0. The lowest BCUT2D eigenvalue weighted by Gasteiger charge is -2.26. The SMILES string of the molecule is O=C(CC1CCOc2ccccc21)C1CCCO1. The molecule has 2 unspecified atom stereocenters. The van der Waals surface area contributed by atoms with Crippen LogP contribution in [-0.4, -0.2) is 25.1 Å². The monoisotopic (exact) mass is 246 g/mol. The maximum Gasteiger partial charge on any atom is 0.162 e. The number of ether oxygens (including phenoxy) is 2. The zero-order chi connectivity index (χ0) is 12.4. The van der Waals surface area contributed by atoms with Crippen LogP contribution < -0.4 is 4.74 Å². The van der Waals surface area contributed by atoms with Gasteiger partial charge in [0.25, 0.3) is 0 Å². The molecule has 2 atom stereocenters. The topological polar surface area (TPSA) is 35.5 Å². The Labute approximate surface area is 107 Å². The minimum Gasteiger partial charge on any atom is -0.493 e. The van der Waals surface area contributed by atoms with Gasteiger partial charge in [0, 0.05) is 13.0 Å². The van der Waals surface area contributed by atoms with Gasteiger partial charge in [-0.05, 0) is 36.8 Å². The molecule has 2 heterocycles. The van der Waals surface area contributed by atoms with Crippen molar-refractivity contribution in [2.24, 2.45) is 0 Å². The summed E-state index contributed by atoms with van der Waals surface area (Å²) in [5.74, 6) is 1.50. The highest BCUT2D eigenvalue weighted by Crippen LogP contribution is 2.36. The highest BCUT2D eigenvalue weighted by molar-refractivity contribution is 5.84. The number of carbonyl (C=O) groups excluding carboxylic acids is 1. The Morgan fingerprint density at radius 2 is 2.11 bits per heavy atom. The number of ketones is 1. The second-order valence-electron chi connectivity index (χ2n) is 5.04. The molecule has 2 aliphatic rings. The highest BCUT2D eigenvalue weighted by Gasteiger charge is 2.29. The number of hydrogen-bond acceptors (Lipinski definition) is 3. The minimum absolute atomic E-state index is 0.153. The third-order valence-corrected chi connectivity index (χ3v) is 3.82. The van der Waals surface area contributed by atoms with E-state index in [1.165, 1.54) is 5.56 Å². The van der Waals surface area contributed by atoms with E-state index in [1.54, 1.807) is 0 Å². The predicted octanol–water partition coefficient (Wildman–Crippen LogP) is 2.69.